The van der Waals surface area contributed by atoms with Crippen molar-refractivity contribution in [1.29, 1.82) is 0 Å². The highest BCUT2D eigenvalue weighted by molar-refractivity contribution is 8.19. The summed E-state index contributed by atoms with van der Waals surface area (Å²) in [5.74, 6) is -6.46. The molecule has 18 nitrogen and oxygen atoms in total. The van der Waals surface area contributed by atoms with E-state index in [9.17, 15) is 49.2 Å². The Hall–Kier alpha value is -4.60. The van der Waals surface area contributed by atoms with Crippen molar-refractivity contribution in [3.63, 3.8) is 0 Å². The number of phenols is 2. The Morgan fingerprint density at radius 3 is 2.50 bits per heavy atom. The zero-order chi connectivity index (χ0) is 37.1. The standard InChI is InChI=1S/C28H30ClN7O11S3/c1-27(2,23(42)43)47-35-19(13-9-48-26(31)32-13)16(39)8-12-21(41)36-10-28(24(44)45,50-22(12)36)49-7-3-4-14(37)18(33-34-25(30)46)11-5-6-15(38)20(40)17(11)29/h5-6,9,12,22,38,40H,3-4,7-8,10H2,1-2H3,(H2,31,32)(H,42,43)(H,44,45)(H3,30,34,46)/b33-18-,35-19-/t12-,22-,28-/m1/s1. The number of aromatic nitrogens is 1. The third kappa shape index (κ3) is 8.06. The number of halogens is 1. The van der Waals surface area contributed by atoms with E-state index >= 15 is 0 Å². The van der Waals surface area contributed by atoms with Gasteiger partial charge < -0.3 is 41.6 Å². The first-order valence-corrected chi connectivity index (χ1v) is 17.5. The number of ketones is 2. The minimum absolute atomic E-state index is 0.0227. The largest absolute Gasteiger partial charge is 0.504 e. The summed E-state index contributed by atoms with van der Waals surface area (Å²) >= 11 is 9.05. The normalized spacial score (nSPS) is 20.5. The van der Waals surface area contributed by atoms with E-state index in [2.05, 4.69) is 15.2 Å². The van der Waals surface area contributed by atoms with Gasteiger partial charge in [-0.1, -0.05) is 16.8 Å². The average Bonchev–Trinajstić information content (AvgIpc) is 3.64. The first-order chi connectivity index (χ1) is 23.4. The van der Waals surface area contributed by atoms with E-state index in [1.165, 1.54) is 30.2 Å². The van der Waals surface area contributed by atoms with Crippen molar-refractivity contribution in [2.24, 2.45) is 21.9 Å². The molecule has 3 amide bonds. The molecule has 268 valence electrons. The molecule has 4 rings (SSSR count). The first kappa shape index (κ1) is 38.2. The van der Waals surface area contributed by atoms with Crippen LogP contribution >= 0.6 is 46.5 Å². The molecule has 0 aliphatic carbocycles. The molecule has 2 aliphatic heterocycles. The van der Waals surface area contributed by atoms with E-state index in [-0.39, 0.29) is 53.0 Å². The summed E-state index contributed by atoms with van der Waals surface area (Å²) in [5.41, 5.74) is 10.1. The number of benzene rings is 1. The van der Waals surface area contributed by atoms with Crippen LogP contribution in [0.15, 0.2) is 27.8 Å². The van der Waals surface area contributed by atoms with Gasteiger partial charge in [0.25, 0.3) is 0 Å². The first-order valence-electron chi connectivity index (χ1n) is 14.4. The van der Waals surface area contributed by atoms with Crippen LogP contribution < -0.4 is 16.9 Å². The topological polar surface area (TPSA) is 297 Å². The second-order valence-electron chi connectivity index (χ2n) is 11.3. The van der Waals surface area contributed by atoms with E-state index in [0.29, 0.717) is 0 Å². The molecule has 50 heavy (non-hydrogen) atoms. The van der Waals surface area contributed by atoms with Gasteiger partial charge >= 0.3 is 18.0 Å². The molecule has 1 aromatic carbocycles. The molecule has 1 aromatic heterocycles. The lowest BCUT2D eigenvalue weighted by atomic mass is 9.90. The van der Waals surface area contributed by atoms with Gasteiger partial charge in [0.05, 0.1) is 22.9 Å². The summed E-state index contributed by atoms with van der Waals surface area (Å²) in [6.07, 6.45) is -0.496. The quantitative estimate of drug-likeness (QED) is 0.0421. The van der Waals surface area contributed by atoms with Gasteiger partial charge in [0.1, 0.15) is 11.4 Å². The number of fused-ring (bicyclic) bond motifs is 1. The number of carboxylic acids is 2. The van der Waals surface area contributed by atoms with Crippen molar-refractivity contribution in [2.75, 3.05) is 18.0 Å². The molecular formula is C28H30ClN7O11S3. The molecule has 0 spiro atoms. The van der Waals surface area contributed by atoms with Crippen LogP contribution in [0.1, 0.15) is 44.4 Å². The summed E-state index contributed by atoms with van der Waals surface area (Å²) < 4.78 is -1.54. The third-order valence-corrected chi connectivity index (χ3v) is 11.8. The number of anilines is 1. The fourth-order valence-electron chi connectivity index (χ4n) is 4.65. The summed E-state index contributed by atoms with van der Waals surface area (Å²) in [5, 5.41) is 47.1. The van der Waals surface area contributed by atoms with E-state index in [4.69, 9.17) is 27.9 Å². The lowest BCUT2D eigenvalue weighted by molar-refractivity contribution is -0.161. The molecule has 2 saturated heterocycles. The van der Waals surface area contributed by atoms with Crippen LogP contribution in [0.2, 0.25) is 5.02 Å². The molecular weight excluding hydrogens is 742 g/mol. The Labute approximate surface area is 300 Å². The van der Waals surface area contributed by atoms with Crippen LogP contribution in [-0.4, -0.2) is 105 Å². The van der Waals surface area contributed by atoms with Crippen LogP contribution in [0.4, 0.5) is 9.93 Å². The van der Waals surface area contributed by atoms with Gasteiger partial charge in [-0.15, -0.1) is 34.9 Å². The number of β-lactam (4-membered cyclic amide) rings is 1. The number of carbonyl (C=O) groups is 6. The molecule has 0 bridgehead atoms. The van der Waals surface area contributed by atoms with E-state index in [0.717, 1.165) is 40.9 Å². The van der Waals surface area contributed by atoms with Crippen LogP contribution in [0.25, 0.3) is 0 Å². The Kier molecular flexibility index (Phi) is 11.5. The number of thioether (sulfide) groups is 2. The SMILES string of the molecule is CC(C)(O/N=C(\C(=O)C[C@@H]1C(=O)N2C[C@](SCCCC(=O)/C(=N\NC(N)=O)c3ccc(O)c(O)c3Cl)(C(=O)O)S[C@H]12)c1csc(N)n1)C(=O)O. The Morgan fingerprint density at radius 1 is 1.20 bits per heavy atom. The maximum atomic E-state index is 13.4. The van der Waals surface area contributed by atoms with Gasteiger partial charge in [-0.3, -0.25) is 14.4 Å². The maximum absolute atomic E-state index is 13.4. The van der Waals surface area contributed by atoms with Crippen LogP contribution in [0.3, 0.4) is 0 Å². The Bertz CT molecular complexity index is 1820. The molecule has 3 heterocycles. The second-order valence-corrected chi connectivity index (χ2v) is 15.6. The number of phenolic OH excluding ortho intramolecular Hbond substituents is 2. The summed E-state index contributed by atoms with van der Waals surface area (Å²) in [6, 6.07) is 1.18. The number of rotatable bonds is 16. The number of carboxylic acid groups (broad SMARTS) is 2. The van der Waals surface area contributed by atoms with E-state index in [1.807, 2.05) is 5.43 Å². The van der Waals surface area contributed by atoms with Crippen LogP contribution in [0.5, 0.6) is 11.5 Å². The van der Waals surface area contributed by atoms with Gasteiger partial charge in [-0.05, 0) is 38.2 Å². The number of nitrogen functional groups attached to an aromatic ring is 1. The van der Waals surface area contributed by atoms with Crippen molar-refractivity contribution in [1.82, 2.24) is 15.3 Å². The number of oxime groups is 1. The highest BCUT2D eigenvalue weighted by Crippen LogP contribution is 2.55. The van der Waals surface area contributed by atoms with E-state index < -0.39 is 79.4 Å². The zero-order valence-corrected chi connectivity index (χ0v) is 29.3. The monoisotopic (exact) mass is 771 g/mol. The van der Waals surface area contributed by atoms with Crippen LogP contribution in [-0.2, 0) is 28.8 Å². The average molecular weight is 772 g/mol. The molecule has 0 unspecified atom stereocenters. The van der Waals surface area contributed by atoms with Gasteiger partial charge in [0, 0.05) is 23.8 Å². The number of urea groups is 1. The molecule has 2 fully saturated rings. The minimum Gasteiger partial charge on any atom is -0.504 e. The number of primary amides is 1. The fourth-order valence-corrected chi connectivity index (χ4v) is 8.63. The van der Waals surface area contributed by atoms with Gasteiger partial charge in [-0.25, -0.2) is 24.8 Å². The number of hydrazone groups is 1. The number of thiazole rings is 1. The van der Waals surface area contributed by atoms with Crippen molar-refractivity contribution in [2.45, 2.75) is 48.2 Å². The molecule has 9 N–H and O–H groups in total. The van der Waals surface area contributed by atoms with Gasteiger partial charge in [-0.2, -0.15) is 5.10 Å². The highest BCUT2D eigenvalue weighted by atomic mass is 35.5. The molecule has 3 atom stereocenters. The lowest BCUT2D eigenvalue weighted by Gasteiger charge is -2.41. The number of carbonyl (C=O) groups excluding carboxylic acids is 4. The second kappa shape index (κ2) is 15.1. The number of hydrogen-bond donors (Lipinski definition) is 7. The molecule has 0 saturated carbocycles. The summed E-state index contributed by atoms with van der Waals surface area (Å²) in [7, 11) is 0. The number of nitrogens with two attached hydrogens (primary N) is 2. The molecule has 22 heteroatoms. The number of amides is 3. The summed E-state index contributed by atoms with van der Waals surface area (Å²) in [6.45, 7) is 2.27. The number of aromatic hydroxyl groups is 2. The predicted octanol–water partition coefficient (Wildman–Crippen LogP) is 1.80. The molecule has 2 aliphatic rings. The van der Waals surface area contributed by atoms with Crippen molar-refractivity contribution >= 4 is 98.5 Å². The van der Waals surface area contributed by atoms with Crippen LogP contribution in [0, 0.1) is 5.92 Å². The molecule has 2 aromatic rings. The number of aliphatic carboxylic acids is 2. The van der Waals surface area contributed by atoms with Gasteiger partial charge in [0.2, 0.25) is 11.5 Å². The third-order valence-electron chi connectivity index (χ3n) is 7.36. The van der Waals surface area contributed by atoms with Crippen molar-refractivity contribution < 1.29 is 54.0 Å². The van der Waals surface area contributed by atoms with Crippen molar-refractivity contribution in [3.8, 4) is 11.5 Å². The maximum Gasteiger partial charge on any atom is 0.350 e. The Morgan fingerprint density at radius 2 is 1.90 bits per heavy atom. The number of nitrogens with zero attached hydrogens (tertiary/aromatic N) is 4. The number of nitrogens with one attached hydrogen (secondary N) is 1. The minimum atomic E-state index is -1.79. The predicted molar refractivity (Wildman–Crippen MR) is 183 cm³/mol. The summed E-state index contributed by atoms with van der Waals surface area (Å²) in [4.78, 5) is 85.4. The Balaban J connectivity index is 1.43. The number of Topliss-reactive ketones (excluding diaryl/α,β-unsaturated/α-hetero) is 2. The highest BCUT2D eigenvalue weighted by Gasteiger charge is 2.62. The number of hydrogen-bond acceptors (Lipinski definition) is 16. The van der Waals surface area contributed by atoms with Crippen molar-refractivity contribution in [3.05, 3.63) is 33.8 Å². The smallest absolute Gasteiger partial charge is 0.350 e. The van der Waals surface area contributed by atoms with E-state index in [1.54, 1.807) is 0 Å². The lowest BCUT2D eigenvalue weighted by Crippen LogP contribution is -2.57. The van der Waals surface area contributed by atoms with Gasteiger partial charge in [0.15, 0.2) is 38.0 Å². The fraction of sp³-hybridized carbons (Fsp3) is 0.393. The molecule has 0 radical (unpaired) electrons. The zero-order valence-electron chi connectivity index (χ0n) is 26.1.